The number of halogens is 2. The molecule has 0 radical (unpaired) electrons. The normalized spacial score (nSPS) is 11.0. The van der Waals surface area contributed by atoms with Crippen molar-refractivity contribution < 1.29 is 14.0 Å². The number of nitrogens with one attached hydrogen (secondary N) is 2. The first kappa shape index (κ1) is 20.7. The number of furan rings is 1. The third kappa shape index (κ3) is 4.88. The van der Waals surface area contributed by atoms with Crippen molar-refractivity contribution in [2.75, 3.05) is 0 Å². The third-order valence-electron chi connectivity index (χ3n) is 4.20. The Bertz CT molecular complexity index is 1070. The van der Waals surface area contributed by atoms with E-state index in [2.05, 4.69) is 15.8 Å². The molecule has 2 N–H and O–H groups in total. The molecular weight excluding hydrogens is 415 g/mol. The van der Waals surface area contributed by atoms with Gasteiger partial charge in [0.25, 0.3) is 0 Å². The second-order valence-electron chi connectivity index (χ2n) is 6.22. The van der Waals surface area contributed by atoms with Crippen LogP contribution in [0.2, 0.25) is 10.0 Å². The fraction of sp³-hybridized carbons (Fsp3) is 0.150. The van der Waals surface area contributed by atoms with Gasteiger partial charge in [-0.05, 0) is 50.2 Å². The Morgan fingerprint density at radius 2 is 1.97 bits per heavy atom. The van der Waals surface area contributed by atoms with Crippen molar-refractivity contribution in [2.24, 2.45) is 5.10 Å². The molecule has 0 saturated carbocycles. The highest BCUT2D eigenvalue weighted by Crippen LogP contribution is 2.28. The van der Waals surface area contributed by atoms with E-state index < -0.39 is 11.8 Å². The molecule has 0 fully saturated rings. The number of aromatic nitrogens is 1. The summed E-state index contributed by atoms with van der Waals surface area (Å²) in [6.45, 7) is 3.94. The zero-order valence-electron chi connectivity index (χ0n) is 15.7. The van der Waals surface area contributed by atoms with Crippen molar-refractivity contribution in [3.63, 3.8) is 0 Å². The number of amides is 2. The average molecular weight is 433 g/mol. The van der Waals surface area contributed by atoms with Gasteiger partial charge in [0.15, 0.2) is 0 Å². The third-order valence-corrected chi connectivity index (χ3v) is 4.74. The number of carbonyl (C=O) groups is 2. The van der Waals surface area contributed by atoms with Crippen molar-refractivity contribution in [1.29, 1.82) is 0 Å². The number of carbonyl (C=O) groups excluding carboxylic acids is 2. The molecule has 0 aliphatic carbocycles. The van der Waals surface area contributed by atoms with E-state index in [-0.39, 0.29) is 6.54 Å². The lowest BCUT2D eigenvalue weighted by atomic mass is 10.2. The molecule has 0 unspecified atom stereocenters. The van der Waals surface area contributed by atoms with Crippen LogP contribution in [0.25, 0.3) is 5.69 Å². The first-order valence-electron chi connectivity index (χ1n) is 8.65. The van der Waals surface area contributed by atoms with Gasteiger partial charge in [-0.25, -0.2) is 5.43 Å². The molecule has 0 aliphatic heterocycles. The molecule has 0 saturated heterocycles. The molecule has 150 valence electrons. The second-order valence-corrected chi connectivity index (χ2v) is 7.06. The maximum absolute atomic E-state index is 11.8. The summed E-state index contributed by atoms with van der Waals surface area (Å²) >= 11 is 12.3. The van der Waals surface area contributed by atoms with E-state index in [4.69, 9.17) is 27.6 Å². The zero-order chi connectivity index (χ0) is 21.0. The standard InChI is InChI=1S/C20H18Cl2N4O3/c1-12-8-14(13(2)26(12)18-6-5-15(21)9-17(18)22)10-24-25-20(28)19(27)23-11-16-4-3-7-29-16/h3-10H,11H2,1-2H3,(H,23,27)(H,25,28)/b24-10-. The Kier molecular flexibility index (Phi) is 6.41. The smallest absolute Gasteiger partial charge is 0.329 e. The van der Waals surface area contributed by atoms with Crippen LogP contribution >= 0.6 is 23.2 Å². The number of hydrogen-bond donors (Lipinski definition) is 2. The van der Waals surface area contributed by atoms with Gasteiger partial charge in [-0.2, -0.15) is 5.10 Å². The topological polar surface area (TPSA) is 88.6 Å². The summed E-state index contributed by atoms with van der Waals surface area (Å²) in [6, 6.07) is 10.5. The van der Waals surface area contributed by atoms with E-state index in [0.29, 0.717) is 15.8 Å². The molecule has 0 atom stereocenters. The van der Waals surface area contributed by atoms with Crippen LogP contribution < -0.4 is 10.7 Å². The Morgan fingerprint density at radius 3 is 2.66 bits per heavy atom. The zero-order valence-corrected chi connectivity index (χ0v) is 17.2. The number of hydrazone groups is 1. The summed E-state index contributed by atoms with van der Waals surface area (Å²) in [5, 5.41) is 7.39. The molecule has 9 heteroatoms. The fourth-order valence-electron chi connectivity index (χ4n) is 2.82. The molecular formula is C20H18Cl2N4O3. The molecule has 0 spiro atoms. The molecule has 29 heavy (non-hydrogen) atoms. The van der Waals surface area contributed by atoms with E-state index >= 15 is 0 Å². The van der Waals surface area contributed by atoms with Gasteiger partial charge >= 0.3 is 11.8 Å². The van der Waals surface area contributed by atoms with Crippen LogP contribution in [-0.4, -0.2) is 22.6 Å². The molecule has 2 amide bonds. The van der Waals surface area contributed by atoms with Crippen molar-refractivity contribution in [3.8, 4) is 5.69 Å². The minimum atomic E-state index is -0.873. The van der Waals surface area contributed by atoms with Gasteiger partial charge in [0.2, 0.25) is 0 Å². The van der Waals surface area contributed by atoms with E-state index in [0.717, 1.165) is 22.6 Å². The number of rotatable bonds is 5. The van der Waals surface area contributed by atoms with Gasteiger partial charge in [0.1, 0.15) is 5.76 Å². The summed E-state index contributed by atoms with van der Waals surface area (Å²) < 4.78 is 7.04. The largest absolute Gasteiger partial charge is 0.467 e. The van der Waals surface area contributed by atoms with Gasteiger partial charge < -0.3 is 14.3 Å². The van der Waals surface area contributed by atoms with Gasteiger partial charge in [0.05, 0.1) is 29.7 Å². The SMILES string of the molecule is Cc1cc(/C=N\NC(=O)C(=O)NCc2ccco2)c(C)n1-c1ccc(Cl)cc1Cl. The number of hydrogen-bond acceptors (Lipinski definition) is 4. The van der Waals surface area contributed by atoms with E-state index in [1.807, 2.05) is 30.5 Å². The van der Waals surface area contributed by atoms with Crippen LogP contribution in [0.1, 0.15) is 22.7 Å². The fourth-order valence-corrected chi connectivity index (χ4v) is 3.32. The van der Waals surface area contributed by atoms with Crippen molar-refractivity contribution in [2.45, 2.75) is 20.4 Å². The van der Waals surface area contributed by atoms with Crippen molar-refractivity contribution >= 4 is 41.2 Å². The highest BCUT2D eigenvalue weighted by atomic mass is 35.5. The maximum Gasteiger partial charge on any atom is 0.329 e. The van der Waals surface area contributed by atoms with Crippen LogP contribution in [0.4, 0.5) is 0 Å². The second kappa shape index (κ2) is 8.98. The predicted octanol–water partition coefficient (Wildman–Crippen LogP) is 3.76. The maximum atomic E-state index is 11.8. The van der Waals surface area contributed by atoms with Crippen LogP contribution in [-0.2, 0) is 16.1 Å². The highest BCUT2D eigenvalue weighted by Gasteiger charge is 2.14. The molecule has 3 rings (SSSR count). The van der Waals surface area contributed by atoms with E-state index in [1.54, 1.807) is 24.3 Å². The van der Waals surface area contributed by atoms with Gasteiger partial charge in [-0.3, -0.25) is 9.59 Å². The monoisotopic (exact) mass is 432 g/mol. The first-order valence-corrected chi connectivity index (χ1v) is 9.40. The Labute approximate surface area is 177 Å². The molecule has 7 nitrogen and oxygen atoms in total. The number of aryl methyl sites for hydroxylation is 1. The summed E-state index contributed by atoms with van der Waals surface area (Å²) in [6.07, 6.45) is 2.96. The number of nitrogens with zero attached hydrogens (tertiary/aromatic N) is 2. The summed E-state index contributed by atoms with van der Waals surface area (Å²) in [5.41, 5.74) is 5.56. The highest BCUT2D eigenvalue weighted by molar-refractivity contribution is 6.36. The summed E-state index contributed by atoms with van der Waals surface area (Å²) in [7, 11) is 0. The van der Waals surface area contributed by atoms with Crippen LogP contribution in [0.3, 0.4) is 0 Å². The molecule has 2 aromatic heterocycles. The van der Waals surface area contributed by atoms with Crippen LogP contribution in [0.5, 0.6) is 0 Å². The predicted molar refractivity (Wildman–Crippen MR) is 112 cm³/mol. The van der Waals surface area contributed by atoms with Crippen LogP contribution in [0.15, 0.2) is 52.2 Å². The molecule has 1 aromatic carbocycles. The Hall–Kier alpha value is -3.03. The Morgan fingerprint density at radius 1 is 1.17 bits per heavy atom. The Balaban J connectivity index is 1.66. The summed E-state index contributed by atoms with van der Waals surface area (Å²) in [4.78, 5) is 23.6. The number of benzene rings is 1. The lowest BCUT2D eigenvalue weighted by Crippen LogP contribution is -2.37. The minimum Gasteiger partial charge on any atom is -0.467 e. The molecule has 0 aliphatic rings. The van der Waals surface area contributed by atoms with E-state index in [1.165, 1.54) is 12.5 Å². The average Bonchev–Trinajstić information content (AvgIpc) is 3.29. The van der Waals surface area contributed by atoms with Gasteiger partial charge in [0, 0.05) is 22.0 Å². The quantitative estimate of drug-likeness (QED) is 0.365. The van der Waals surface area contributed by atoms with E-state index in [9.17, 15) is 9.59 Å². The van der Waals surface area contributed by atoms with Gasteiger partial charge in [-0.15, -0.1) is 0 Å². The molecule has 2 heterocycles. The van der Waals surface area contributed by atoms with Crippen molar-refractivity contribution in [1.82, 2.24) is 15.3 Å². The van der Waals surface area contributed by atoms with Crippen LogP contribution in [0, 0.1) is 13.8 Å². The van der Waals surface area contributed by atoms with Crippen molar-refractivity contribution in [3.05, 3.63) is 75.4 Å². The summed E-state index contributed by atoms with van der Waals surface area (Å²) in [5.74, 6) is -1.14. The molecule has 0 bridgehead atoms. The minimum absolute atomic E-state index is 0.117. The molecule has 3 aromatic rings. The lowest BCUT2D eigenvalue weighted by molar-refractivity contribution is -0.139. The lowest BCUT2D eigenvalue weighted by Gasteiger charge is -2.11. The first-order chi connectivity index (χ1) is 13.9. The van der Waals surface area contributed by atoms with Gasteiger partial charge in [-0.1, -0.05) is 23.2 Å².